The fraction of sp³-hybridized carbons (Fsp3) is 0.500. The van der Waals surface area contributed by atoms with E-state index in [2.05, 4.69) is 9.88 Å². The second-order valence-corrected chi connectivity index (χ2v) is 7.43. The summed E-state index contributed by atoms with van der Waals surface area (Å²) in [6.07, 6.45) is 4.10. The first-order valence-corrected chi connectivity index (χ1v) is 9.43. The first kappa shape index (κ1) is 17.2. The molecular weight excluding hydrogens is 333 g/mol. The number of para-hydroxylation sites is 1. The van der Waals surface area contributed by atoms with Crippen LogP contribution in [0.5, 0.6) is 0 Å². The molecule has 0 aliphatic carbocycles. The molecule has 0 saturated carbocycles. The van der Waals surface area contributed by atoms with E-state index in [-0.39, 0.29) is 22.8 Å². The van der Waals surface area contributed by atoms with Crippen molar-refractivity contribution < 1.29 is 9.18 Å². The molecule has 5 nitrogen and oxygen atoms in total. The molecule has 1 N–H and O–H groups in total. The number of carbonyl (C=O) groups is 1. The van der Waals surface area contributed by atoms with Crippen molar-refractivity contribution in [3.05, 3.63) is 46.0 Å². The van der Waals surface area contributed by atoms with Crippen molar-refractivity contribution in [3.8, 4) is 0 Å². The maximum Gasteiger partial charge on any atom is 0.226 e. The van der Waals surface area contributed by atoms with Gasteiger partial charge in [0.05, 0.1) is 11.4 Å². The Balaban J connectivity index is 1.50. The van der Waals surface area contributed by atoms with Gasteiger partial charge in [-0.25, -0.2) is 4.39 Å². The van der Waals surface area contributed by atoms with Crippen LogP contribution in [0.2, 0.25) is 0 Å². The maximum absolute atomic E-state index is 14.0. The molecule has 1 aromatic carbocycles. The number of amides is 1. The Labute approximate surface area is 151 Å². The van der Waals surface area contributed by atoms with Gasteiger partial charge in [0.15, 0.2) is 5.43 Å². The Morgan fingerprint density at radius 1 is 1.19 bits per heavy atom. The van der Waals surface area contributed by atoms with Crippen LogP contribution in [0.25, 0.3) is 10.9 Å². The molecule has 2 aromatic rings. The third-order valence-electron chi connectivity index (χ3n) is 5.54. The number of nitrogens with one attached hydrogen (secondary N) is 1. The third-order valence-corrected chi connectivity index (χ3v) is 5.54. The number of aromatic amines is 1. The Morgan fingerprint density at radius 3 is 2.81 bits per heavy atom. The molecule has 0 radical (unpaired) electrons. The zero-order valence-corrected chi connectivity index (χ0v) is 14.8. The zero-order valence-electron chi connectivity index (χ0n) is 14.8. The van der Waals surface area contributed by atoms with E-state index in [9.17, 15) is 14.0 Å². The number of pyridine rings is 1. The van der Waals surface area contributed by atoms with Crippen LogP contribution in [0.15, 0.2) is 29.1 Å². The quantitative estimate of drug-likeness (QED) is 0.918. The highest BCUT2D eigenvalue weighted by molar-refractivity contribution is 5.80. The number of halogens is 1. The van der Waals surface area contributed by atoms with E-state index in [0.29, 0.717) is 24.2 Å². The number of piperidine rings is 1. The number of carbonyl (C=O) groups excluding carboxylic acids is 1. The van der Waals surface area contributed by atoms with E-state index in [1.54, 1.807) is 18.2 Å². The number of benzene rings is 1. The van der Waals surface area contributed by atoms with E-state index >= 15 is 0 Å². The number of hydrogen-bond donors (Lipinski definition) is 1. The largest absolute Gasteiger partial charge is 0.355 e. The Hall–Kier alpha value is -2.21. The second-order valence-electron chi connectivity index (χ2n) is 7.43. The average Bonchev–Trinajstić information content (AvgIpc) is 3.17. The predicted octanol–water partition coefficient (Wildman–Crippen LogP) is 2.50. The molecular formula is C20H24FN3O2. The van der Waals surface area contributed by atoms with Crippen LogP contribution >= 0.6 is 0 Å². The normalized spacial score (nSPS) is 21.4. The molecule has 6 heteroatoms. The van der Waals surface area contributed by atoms with Gasteiger partial charge in [0.2, 0.25) is 5.91 Å². The van der Waals surface area contributed by atoms with Gasteiger partial charge in [0.25, 0.3) is 0 Å². The molecule has 138 valence electrons. The number of nitrogens with zero attached hydrogens (tertiary/aromatic N) is 2. The number of hydrogen-bond acceptors (Lipinski definition) is 3. The summed E-state index contributed by atoms with van der Waals surface area (Å²) in [7, 11) is 0. The van der Waals surface area contributed by atoms with Gasteiger partial charge in [-0.15, -0.1) is 0 Å². The Morgan fingerprint density at radius 2 is 2.00 bits per heavy atom. The van der Waals surface area contributed by atoms with Crippen LogP contribution in [0.1, 0.15) is 31.4 Å². The number of fused-ring (bicyclic) bond motifs is 1. The van der Waals surface area contributed by atoms with Gasteiger partial charge < -0.3 is 9.88 Å². The first-order chi connectivity index (χ1) is 12.6. The molecule has 2 aliphatic heterocycles. The molecule has 0 unspecified atom stereocenters. The fourth-order valence-electron chi connectivity index (χ4n) is 4.21. The highest BCUT2D eigenvalue weighted by Crippen LogP contribution is 2.22. The summed E-state index contributed by atoms with van der Waals surface area (Å²) >= 11 is 0. The van der Waals surface area contributed by atoms with E-state index in [0.717, 1.165) is 45.3 Å². The van der Waals surface area contributed by atoms with Crippen molar-refractivity contribution in [2.24, 2.45) is 5.92 Å². The van der Waals surface area contributed by atoms with Crippen molar-refractivity contribution in [2.75, 3.05) is 26.2 Å². The van der Waals surface area contributed by atoms with Crippen LogP contribution in [0.3, 0.4) is 0 Å². The highest BCUT2D eigenvalue weighted by atomic mass is 19.1. The van der Waals surface area contributed by atoms with Crippen molar-refractivity contribution in [1.29, 1.82) is 0 Å². The molecule has 3 heterocycles. The monoisotopic (exact) mass is 357 g/mol. The van der Waals surface area contributed by atoms with Gasteiger partial charge in [-0.1, -0.05) is 6.07 Å². The molecule has 1 atom stereocenters. The Bertz CT molecular complexity index is 873. The maximum atomic E-state index is 14.0. The molecule has 0 bridgehead atoms. The van der Waals surface area contributed by atoms with E-state index in [4.69, 9.17) is 0 Å². The van der Waals surface area contributed by atoms with E-state index in [1.807, 2.05) is 4.90 Å². The van der Waals surface area contributed by atoms with Gasteiger partial charge >= 0.3 is 0 Å². The van der Waals surface area contributed by atoms with Crippen LogP contribution in [0.4, 0.5) is 4.39 Å². The molecule has 2 aliphatic rings. The summed E-state index contributed by atoms with van der Waals surface area (Å²) in [5.41, 5.74) is 0.786. The molecule has 4 rings (SSSR count). The molecule has 2 saturated heterocycles. The topological polar surface area (TPSA) is 56.4 Å². The molecule has 1 amide bonds. The number of likely N-dealkylation sites (tertiary alicyclic amines) is 2. The summed E-state index contributed by atoms with van der Waals surface area (Å²) in [6.45, 7) is 3.89. The van der Waals surface area contributed by atoms with Crippen LogP contribution in [0, 0.1) is 11.7 Å². The SMILES string of the molecule is O=C([C@H]1CCCN(Cc2cc(=O)c3cccc(F)c3[nH]2)C1)N1CCCC1. The van der Waals surface area contributed by atoms with Gasteiger partial charge in [-0.05, 0) is 44.4 Å². The summed E-state index contributed by atoms with van der Waals surface area (Å²) < 4.78 is 14.0. The average molecular weight is 357 g/mol. The van der Waals surface area contributed by atoms with Crippen LogP contribution < -0.4 is 5.43 Å². The van der Waals surface area contributed by atoms with Crippen molar-refractivity contribution >= 4 is 16.8 Å². The second kappa shape index (κ2) is 7.19. The Kier molecular flexibility index (Phi) is 4.76. The smallest absolute Gasteiger partial charge is 0.226 e. The minimum atomic E-state index is -0.415. The van der Waals surface area contributed by atoms with Crippen LogP contribution in [-0.4, -0.2) is 46.9 Å². The minimum absolute atomic E-state index is 0.0331. The predicted molar refractivity (Wildman–Crippen MR) is 98.3 cm³/mol. The summed E-state index contributed by atoms with van der Waals surface area (Å²) in [5, 5.41) is 0.370. The lowest BCUT2D eigenvalue weighted by Crippen LogP contribution is -2.43. The van der Waals surface area contributed by atoms with E-state index < -0.39 is 5.82 Å². The number of aromatic nitrogens is 1. The van der Waals surface area contributed by atoms with Gasteiger partial charge in [0, 0.05) is 43.3 Å². The molecule has 26 heavy (non-hydrogen) atoms. The lowest BCUT2D eigenvalue weighted by molar-refractivity contribution is -0.136. The van der Waals surface area contributed by atoms with Gasteiger partial charge in [-0.3, -0.25) is 14.5 Å². The van der Waals surface area contributed by atoms with Gasteiger partial charge in [0.1, 0.15) is 5.82 Å². The summed E-state index contributed by atoms with van der Waals surface area (Å²) in [6, 6.07) is 6.08. The summed E-state index contributed by atoms with van der Waals surface area (Å²) in [5.74, 6) is -0.113. The van der Waals surface area contributed by atoms with Crippen molar-refractivity contribution in [1.82, 2.24) is 14.8 Å². The summed E-state index contributed by atoms with van der Waals surface area (Å²) in [4.78, 5) is 32.2. The van der Waals surface area contributed by atoms with Crippen molar-refractivity contribution in [3.63, 3.8) is 0 Å². The molecule has 2 fully saturated rings. The van der Waals surface area contributed by atoms with Gasteiger partial charge in [-0.2, -0.15) is 0 Å². The molecule has 0 spiro atoms. The van der Waals surface area contributed by atoms with Crippen LogP contribution in [-0.2, 0) is 11.3 Å². The third kappa shape index (κ3) is 3.38. The highest BCUT2D eigenvalue weighted by Gasteiger charge is 2.30. The first-order valence-electron chi connectivity index (χ1n) is 9.43. The number of H-pyrrole nitrogens is 1. The lowest BCUT2D eigenvalue weighted by atomic mass is 9.96. The fourth-order valence-corrected chi connectivity index (χ4v) is 4.21. The lowest BCUT2D eigenvalue weighted by Gasteiger charge is -2.33. The number of rotatable bonds is 3. The zero-order chi connectivity index (χ0) is 18.1. The molecule has 1 aromatic heterocycles. The van der Waals surface area contributed by atoms with E-state index in [1.165, 1.54) is 6.07 Å². The minimum Gasteiger partial charge on any atom is -0.355 e. The van der Waals surface area contributed by atoms with Crippen molar-refractivity contribution in [2.45, 2.75) is 32.2 Å². The standard InChI is InChI=1S/C20H24FN3O2/c21-17-7-3-6-16-18(25)11-15(22-19(16)17)13-23-8-4-5-14(12-23)20(26)24-9-1-2-10-24/h3,6-7,11,14H,1-2,4-5,8-10,12-13H2,(H,22,25)/t14-/m0/s1.